The third-order valence-electron chi connectivity index (χ3n) is 2.25. The molecular formula is C13H24O2. The summed E-state index contributed by atoms with van der Waals surface area (Å²) in [4.78, 5) is 11.4. The number of hydrogen-bond acceptors (Lipinski definition) is 2. The second kappa shape index (κ2) is 8.66. The normalized spacial score (nSPS) is 13.7. The molecule has 1 atom stereocenters. The van der Waals surface area contributed by atoms with Gasteiger partial charge in [-0.05, 0) is 18.8 Å². The Morgan fingerprint density at radius 3 is 2.60 bits per heavy atom. The molecule has 1 unspecified atom stereocenters. The number of rotatable bonds is 8. The SMILES string of the molecule is CCC/C=C/C(O)CC(=O)CCC(C)C. The topological polar surface area (TPSA) is 37.3 Å². The number of allylic oxidation sites excluding steroid dienone is 1. The van der Waals surface area contributed by atoms with Gasteiger partial charge in [-0.2, -0.15) is 0 Å². The molecule has 2 heteroatoms. The van der Waals surface area contributed by atoms with Crippen molar-refractivity contribution >= 4 is 5.78 Å². The summed E-state index contributed by atoms with van der Waals surface area (Å²) in [5.41, 5.74) is 0. The molecule has 0 aliphatic carbocycles. The molecule has 88 valence electrons. The predicted octanol–water partition coefficient (Wildman–Crippen LogP) is 3.10. The van der Waals surface area contributed by atoms with Crippen molar-refractivity contribution in [3.63, 3.8) is 0 Å². The van der Waals surface area contributed by atoms with Crippen LogP contribution in [0.3, 0.4) is 0 Å². The first-order valence-electron chi connectivity index (χ1n) is 5.92. The minimum absolute atomic E-state index is 0.164. The Hall–Kier alpha value is -0.630. The zero-order valence-corrected chi connectivity index (χ0v) is 10.2. The van der Waals surface area contributed by atoms with Crippen molar-refractivity contribution in [2.75, 3.05) is 0 Å². The summed E-state index contributed by atoms with van der Waals surface area (Å²) in [6.07, 6.45) is 6.92. The Bertz CT molecular complexity index is 195. The number of carbonyl (C=O) groups excluding carboxylic acids is 1. The molecule has 0 aromatic heterocycles. The van der Waals surface area contributed by atoms with Crippen molar-refractivity contribution in [1.29, 1.82) is 0 Å². The van der Waals surface area contributed by atoms with E-state index in [0.29, 0.717) is 12.3 Å². The van der Waals surface area contributed by atoms with E-state index in [1.54, 1.807) is 6.08 Å². The number of Topliss-reactive ketones (excluding diaryl/α,β-unsaturated/α-hetero) is 1. The molecule has 0 saturated heterocycles. The van der Waals surface area contributed by atoms with Gasteiger partial charge in [0.25, 0.3) is 0 Å². The fourth-order valence-corrected chi connectivity index (χ4v) is 1.27. The first kappa shape index (κ1) is 14.4. The van der Waals surface area contributed by atoms with Crippen LogP contribution in [0, 0.1) is 5.92 Å². The minimum Gasteiger partial charge on any atom is -0.389 e. The first-order valence-corrected chi connectivity index (χ1v) is 5.92. The molecule has 1 N–H and O–H groups in total. The lowest BCUT2D eigenvalue weighted by Crippen LogP contribution is -2.11. The van der Waals surface area contributed by atoms with Crippen molar-refractivity contribution in [2.24, 2.45) is 5.92 Å². The molecule has 15 heavy (non-hydrogen) atoms. The molecule has 2 nitrogen and oxygen atoms in total. The number of hydrogen-bond donors (Lipinski definition) is 1. The fraction of sp³-hybridized carbons (Fsp3) is 0.769. The van der Waals surface area contributed by atoms with Gasteiger partial charge in [0.05, 0.1) is 6.10 Å². The summed E-state index contributed by atoms with van der Waals surface area (Å²) in [6.45, 7) is 6.29. The average Bonchev–Trinajstić information content (AvgIpc) is 2.15. The zero-order chi connectivity index (χ0) is 11.7. The average molecular weight is 212 g/mol. The predicted molar refractivity (Wildman–Crippen MR) is 63.8 cm³/mol. The van der Waals surface area contributed by atoms with Gasteiger partial charge in [-0.25, -0.2) is 0 Å². The third kappa shape index (κ3) is 9.67. The van der Waals surface area contributed by atoms with E-state index in [-0.39, 0.29) is 12.2 Å². The molecule has 0 saturated carbocycles. The van der Waals surface area contributed by atoms with Crippen LogP contribution in [0.4, 0.5) is 0 Å². The number of unbranched alkanes of at least 4 members (excludes halogenated alkanes) is 1. The summed E-state index contributed by atoms with van der Waals surface area (Å²) in [5.74, 6) is 0.721. The maximum Gasteiger partial charge on any atom is 0.135 e. The Morgan fingerprint density at radius 2 is 2.07 bits per heavy atom. The highest BCUT2D eigenvalue weighted by Gasteiger charge is 2.08. The number of ketones is 1. The summed E-state index contributed by atoms with van der Waals surface area (Å²) >= 11 is 0. The van der Waals surface area contributed by atoms with Gasteiger partial charge in [-0.3, -0.25) is 4.79 Å². The van der Waals surface area contributed by atoms with Crippen molar-refractivity contribution in [1.82, 2.24) is 0 Å². The van der Waals surface area contributed by atoms with E-state index in [2.05, 4.69) is 20.8 Å². The Labute approximate surface area is 93.4 Å². The molecule has 0 bridgehead atoms. The second-order valence-corrected chi connectivity index (χ2v) is 4.46. The van der Waals surface area contributed by atoms with E-state index < -0.39 is 6.10 Å². The number of aliphatic hydroxyl groups excluding tert-OH is 1. The second-order valence-electron chi connectivity index (χ2n) is 4.46. The largest absolute Gasteiger partial charge is 0.389 e. The zero-order valence-electron chi connectivity index (χ0n) is 10.2. The van der Waals surface area contributed by atoms with E-state index in [0.717, 1.165) is 19.3 Å². The van der Waals surface area contributed by atoms with Crippen molar-refractivity contribution in [3.05, 3.63) is 12.2 Å². The summed E-state index contributed by atoms with van der Waals surface area (Å²) in [7, 11) is 0. The van der Waals surface area contributed by atoms with Crippen LogP contribution >= 0.6 is 0 Å². The first-order chi connectivity index (χ1) is 7.06. The van der Waals surface area contributed by atoms with Crippen LogP contribution < -0.4 is 0 Å². The lowest BCUT2D eigenvalue weighted by Gasteiger charge is -2.06. The highest BCUT2D eigenvalue weighted by molar-refractivity contribution is 5.79. The van der Waals surface area contributed by atoms with Gasteiger partial charge in [-0.1, -0.05) is 39.3 Å². The van der Waals surface area contributed by atoms with Crippen LogP contribution in [0.1, 0.15) is 52.9 Å². The molecule has 0 rings (SSSR count). The van der Waals surface area contributed by atoms with Crippen LogP contribution in [0.2, 0.25) is 0 Å². The Kier molecular flexibility index (Phi) is 8.30. The quantitative estimate of drug-likeness (QED) is 0.628. The summed E-state index contributed by atoms with van der Waals surface area (Å²) < 4.78 is 0. The van der Waals surface area contributed by atoms with E-state index in [1.807, 2.05) is 6.08 Å². The molecule has 0 aromatic rings. The summed E-state index contributed by atoms with van der Waals surface area (Å²) in [6, 6.07) is 0. The van der Waals surface area contributed by atoms with Crippen molar-refractivity contribution in [3.8, 4) is 0 Å². The van der Waals surface area contributed by atoms with E-state index in [1.165, 1.54) is 0 Å². The smallest absolute Gasteiger partial charge is 0.135 e. The lowest BCUT2D eigenvalue weighted by molar-refractivity contribution is -0.120. The van der Waals surface area contributed by atoms with Gasteiger partial charge in [0.15, 0.2) is 0 Å². The molecule has 0 aliphatic heterocycles. The fourth-order valence-electron chi connectivity index (χ4n) is 1.27. The van der Waals surface area contributed by atoms with Gasteiger partial charge in [0.1, 0.15) is 5.78 Å². The lowest BCUT2D eigenvalue weighted by atomic mass is 10.0. The van der Waals surface area contributed by atoms with Gasteiger partial charge in [0, 0.05) is 12.8 Å². The van der Waals surface area contributed by atoms with Gasteiger partial charge < -0.3 is 5.11 Å². The molecule has 0 aromatic carbocycles. The van der Waals surface area contributed by atoms with Crippen molar-refractivity contribution < 1.29 is 9.90 Å². The van der Waals surface area contributed by atoms with E-state index >= 15 is 0 Å². The van der Waals surface area contributed by atoms with Crippen LogP contribution in [-0.2, 0) is 4.79 Å². The van der Waals surface area contributed by atoms with Gasteiger partial charge in [-0.15, -0.1) is 0 Å². The molecule has 0 amide bonds. The minimum atomic E-state index is -0.587. The monoisotopic (exact) mass is 212 g/mol. The summed E-state index contributed by atoms with van der Waals surface area (Å²) in [5, 5.41) is 9.50. The molecule has 0 fully saturated rings. The molecule has 0 radical (unpaired) electrons. The van der Waals surface area contributed by atoms with Crippen LogP contribution in [0.15, 0.2) is 12.2 Å². The van der Waals surface area contributed by atoms with Crippen molar-refractivity contribution in [2.45, 2.75) is 59.0 Å². The number of aliphatic hydroxyl groups is 1. The van der Waals surface area contributed by atoms with E-state index in [4.69, 9.17) is 0 Å². The number of carbonyl (C=O) groups is 1. The third-order valence-corrected chi connectivity index (χ3v) is 2.25. The van der Waals surface area contributed by atoms with Crippen LogP contribution in [0.5, 0.6) is 0 Å². The van der Waals surface area contributed by atoms with Gasteiger partial charge >= 0.3 is 0 Å². The standard InChI is InChI=1S/C13H24O2/c1-4-5-6-7-12(14)10-13(15)9-8-11(2)3/h6-7,11-12,14H,4-5,8-10H2,1-3H3/b7-6+. The maximum atomic E-state index is 11.4. The molecule has 0 spiro atoms. The van der Waals surface area contributed by atoms with Crippen LogP contribution in [-0.4, -0.2) is 17.0 Å². The molecular weight excluding hydrogens is 188 g/mol. The molecule has 0 heterocycles. The molecule has 0 aliphatic rings. The van der Waals surface area contributed by atoms with Crippen LogP contribution in [0.25, 0.3) is 0 Å². The Balaban J connectivity index is 3.66. The van der Waals surface area contributed by atoms with E-state index in [9.17, 15) is 9.90 Å². The highest BCUT2D eigenvalue weighted by Crippen LogP contribution is 2.07. The maximum absolute atomic E-state index is 11.4. The van der Waals surface area contributed by atoms with Gasteiger partial charge in [0.2, 0.25) is 0 Å². The highest BCUT2D eigenvalue weighted by atomic mass is 16.3. The Morgan fingerprint density at radius 1 is 1.40 bits per heavy atom.